The molecule has 1 aliphatic heterocycles. The number of aromatic carboxylic acids is 1. The number of aryl methyl sites for hydroxylation is 1. The summed E-state index contributed by atoms with van der Waals surface area (Å²) >= 11 is 4.68. The Morgan fingerprint density at radius 2 is 1.90 bits per heavy atom. The minimum atomic E-state index is -0.971. The molecule has 1 fully saturated rings. The minimum absolute atomic E-state index is 0.152. The monoisotopic (exact) mass is 496 g/mol. The van der Waals surface area contributed by atoms with E-state index in [1.807, 2.05) is 31.2 Å². The third-order valence-electron chi connectivity index (χ3n) is 4.69. The van der Waals surface area contributed by atoms with E-state index in [0.717, 1.165) is 21.3 Å². The molecule has 156 valence electrons. The Morgan fingerprint density at radius 3 is 2.58 bits per heavy atom. The van der Waals surface area contributed by atoms with Gasteiger partial charge in [0.25, 0.3) is 5.91 Å². The molecular formula is C23H17BrN2O4S. The highest BCUT2D eigenvalue weighted by Gasteiger charge is 2.30. The van der Waals surface area contributed by atoms with Crippen molar-refractivity contribution in [3.63, 3.8) is 0 Å². The molecule has 1 aromatic heterocycles. The van der Waals surface area contributed by atoms with Crippen molar-refractivity contribution in [3.05, 3.63) is 80.9 Å². The van der Waals surface area contributed by atoms with Crippen LogP contribution in [0.2, 0.25) is 0 Å². The van der Waals surface area contributed by atoms with Crippen molar-refractivity contribution >= 4 is 56.5 Å². The number of likely N-dealkylation sites (N-methyl/N-ethyl adjacent to an activating group) is 1. The fourth-order valence-electron chi connectivity index (χ4n) is 3.06. The average molecular weight is 497 g/mol. The standard InChI is InChI=1S/C23H17BrN2O4S/c1-13-11-14(22(28)29)3-9-18(13)19-10-8-17(30-19)12-20-21(27)26(2)23(31-20)25-16-6-4-15(24)5-7-16/h3-12H,1-2H3,(H,28,29)/b20-12-,25-23?. The van der Waals surface area contributed by atoms with Gasteiger partial charge in [0.05, 0.1) is 16.2 Å². The zero-order chi connectivity index (χ0) is 22.1. The van der Waals surface area contributed by atoms with Crippen LogP contribution in [-0.4, -0.2) is 34.1 Å². The van der Waals surface area contributed by atoms with Crippen LogP contribution in [0.1, 0.15) is 21.7 Å². The lowest BCUT2D eigenvalue weighted by molar-refractivity contribution is -0.121. The number of amidine groups is 1. The van der Waals surface area contributed by atoms with E-state index >= 15 is 0 Å². The maximum Gasteiger partial charge on any atom is 0.335 e. The molecule has 0 spiro atoms. The summed E-state index contributed by atoms with van der Waals surface area (Å²) in [5, 5.41) is 9.71. The van der Waals surface area contributed by atoms with Crippen molar-refractivity contribution in [1.29, 1.82) is 0 Å². The van der Waals surface area contributed by atoms with Gasteiger partial charge in [0, 0.05) is 23.2 Å². The normalized spacial score (nSPS) is 16.5. The summed E-state index contributed by atoms with van der Waals surface area (Å²) in [6.45, 7) is 1.83. The van der Waals surface area contributed by atoms with Crippen LogP contribution in [-0.2, 0) is 4.79 Å². The molecule has 0 bridgehead atoms. The number of hydrogen-bond donors (Lipinski definition) is 1. The molecule has 0 atom stereocenters. The third-order valence-corrected chi connectivity index (χ3v) is 6.28. The molecule has 1 saturated heterocycles. The number of nitrogens with zero attached hydrogens (tertiary/aromatic N) is 2. The van der Waals surface area contributed by atoms with E-state index in [1.54, 1.807) is 43.5 Å². The van der Waals surface area contributed by atoms with Crippen molar-refractivity contribution in [2.45, 2.75) is 6.92 Å². The molecule has 2 heterocycles. The number of carboxylic acid groups (broad SMARTS) is 1. The molecule has 0 unspecified atom stereocenters. The summed E-state index contributed by atoms with van der Waals surface area (Å²) in [5.74, 6) is 0.0153. The van der Waals surface area contributed by atoms with Crippen LogP contribution in [0.4, 0.5) is 5.69 Å². The number of halogens is 1. The van der Waals surface area contributed by atoms with Gasteiger partial charge < -0.3 is 9.52 Å². The van der Waals surface area contributed by atoms with Crippen LogP contribution >= 0.6 is 27.7 Å². The van der Waals surface area contributed by atoms with Gasteiger partial charge in [-0.2, -0.15) is 0 Å². The lowest BCUT2D eigenvalue weighted by Crippen LogP contribution is -2.23. The van der Waals surface area contributed by atoms with Crippen molar-refractivity contribution < 1.29 is 19.1 Å². The number of thioether (sulfide) groups is 1. The van der Waals surface area contributed by atoms with Crippen LogP contribution in [0.15, 0.2) is 73.4 Å². The number of carbonyl (C=O) groups is 2. The van der Waals surface area contributed by atoms with E-state index in [9.17, 15) is 9.59 Å². The summed E-state index contributed by atoms with van der Waals surface area (Å²) in [5.41, 5.74) is 2.58. The Kier molecular flexibility index (Phi) is 5.84. The van der Waals surface area contributed by atoms with E-state index in [0.29, 0.717) is 21.6 Å². The Morgan fingerprint density at radius 1 is 1.16 bits per heavy atom. The Bertz CT molecular complexity index is 1240. The molecule has 2 aromatic carbocycles. The predicted octanol–water partition coefficient (Wildman–Crippen LogP) is 5.95. The van der Waals surface area contributed by atoms with Gasteiger partial charge >= 0.3 is 5.97 Å². The second-order valence-corrected chi connectivity index (χ2v) is 8.81. The van der Waals surface area contributed by atoms with E-state index in [1.165, 1.54) is 16.7 Å². The van der Waals surface area contributed by atoms with Gasteiger partial charge in [-0.1, -0.05) is 22.0 Å². The molecule has 6 nitrogen and oxygen atoms in total. The summed E-state index contributed by atoms with van der Waals surface area (Å²) in [6, 6.07) is 16.0. The Labute approximate surface area is 191 Å². The van der Waals surface area contributed by atoms with Gasteiger partial charge in [-0.3, -0.25) is 9.69 Å². The van der Waals surface area contributed by atoms with Gasteiger partial charge in [-0.25, -0.2) is 9.79 Å². The van der Waals surface area contributed by atoms with E-state index in [4.69, 9.17) is 9.52 Å². The summed E-state index contributed by atoms with van der Waals surface area (Å²) in [4.78, 5) is 30.4. The molecule has 1 amide bonds. The fraction of sp³-hybridized carbons (Fsp3) is 0.0870. The molecule has 8 heteroatoms. The van der Waals surface area contributed by atoms with Crippen LogP contribution < -0.4 is 0 Å². The number of hydrogen-bond acceptors (Lipinski definition) is 5. The lowest BCUT2D eigenvalue weighted by atomic mass is 10.0. The van der Waals surface area contributed by atoms with Crippen molar-refractivity contribution in [1.82, 2.24) is 4.90 Å². The van der Waals surface area contributed by atoms with Crippen molar-refractivity contribution in [2.75, 3.05) is 7.05 Å². The Balaban J connectivity index is 1.58. The molecule has 0 aliphatic carbocycles. The molecule has 0 radical (unpaired) electrons. The third kappa shape index (κ3) is 4.50. The summed E-state index contributed by atoms with van der Waals surface area (Å²) in [7, 11) is 1.69. The zero-order valence-electron chi connectivity index (χ0n) is 16.6. The van der Waals surface area contributed by atoms with Crippen LogP contribution in [0.3, 0.4) is 0 Å². The maximum absolute atomic E-state index is 12.6. The largest absolute Gasteiger partial charge is 0.478 e. The Hall–Kier alpha value is -3.10. The number of carbonyl (C=O) groups excluding carboxylic acids is 1. The highest BCUT2D eigenvalue weighted by Crippen LogP contribution is 2.34. The van der Waals surface area contributed by atoms with Crippen molar-refractivity contribution in [3.8, 4) is 11.3 Å². The smallest absolute Gasteiger partial charge is 0.335 e. The summed E-state index contributed by atoms with van der Waals surface area (Å²) in [6.07, 6.45) is 1.69. The number of furan rings is 1. The first kappa shape index (κ1) is 21.1. The van der Waals surface area contributed by atoms with Crippen LogP contribution in [0.5, 0.6) is 0 Å². The predicted molar refractivity (Wildman–Crippen MR) is 125 cm³/mol. The molecule has 3 aromatic rings. The number of benzene rings is 2. The topological polar surface area (TPSA) is 83.1 Å². The number of rotatable bonds is 4. The quantitative estimate of drug-likeness (QED) is 0.451. The second-order valence-electron chi connectivity index (χ2n) is 6.88. The minimum Gasteiger partial charge on any atom is -0.478 e. The van der Waals surface area contributed by atoms with Gasteiger partial charge in [-0.15, -0.1) is 0 Å². The van der Waals surface area contributed by atoms with Gasteiger partial charge in [0.2, 0.25) is 0 Å². The first-order chi connectivity index (χ1) is 14.8. The molecule has 1 aliphatic rings. The maximum atomic E-state index is 12.6. The molecule has 31 heavy (non-hydrogen) atoms. The second kappa shape index (κ2) is 8.56. The number of aliphatic imine (C=N–C) groups is 1. The first-order valence-electron chi connectivity index (χ1n) is 9.28. The fourth-order valence-corrected chi connectivity index (χ4v) is 4.29. The average Bonchev–Trinajstić information content (AvgIpc) is 3.30. The molecular weight excluding hydrogens is 480 g/mol. The number of amides is 1. The molecule has 0 saturated carbocycles. The molecule has 1 N–H and O–H groups in total. The number of carboxylic acids is 1. The van der Waals surface area contributed by atoms with Crippen molar-refractivity contribution in [2.24, 2.45) is 4.99 Å². The van der Waals surface area contributed by atoms with E-state index in [2.05, 4.69) is 20.9 Å². The first-order valence-corrected chi connectivity index (χ1v) is 10.9. The van der Waals surface area contributed by atoms with Gasteiger partial charge in [0.15, 0.2) is 5.17 Å². The highest BCUT2D eigenvalue weighted by molar-refractivity contribution is 9.10. The van der Waals surface area contributed by atoms with Crippen LogP contribution in [0, 0.1) is 6.92 Å². The molecule has 4 rings (SSSR count). The lowest BCUT2D eigenvalue weighted by Gasteiger charge is -2.07. The van der Waals surface area contributed by atoms with E-state index in [-0.39, 0.29) is 11.5 Å². The SMILES string of the molecule is Cc1cc(C(=O)O)ccc1-c1ccc(/C=C2\SC(=Nc3ccc(Br)cc3)N(C)C2=O)o1. The summed E-state index contributed by atoms with van der Waals surface area (Å²) < 4.78 is 6.87. The van der Waals surface area contributed by atoms with E-state index < -0.39 is 5.97 Å². The highest BCUT2D eigenvalue weighted by atomic mass is 79.9. The van der Waals surface area contributed by atoms with Gasteiger partial charge in [-0.05, 0) is 72.8 Å². The zero-order valence-corrected chi connectivity index (χ0v) is 19.0. The van der Waals surface area contributed by atoms with Crippen LogP contribution in [0.25, 0.3) is 17.4 Å². The van der Waals surface area contributed by atoms with Gasteiger partial charge in [0.1, 0.15) is 11.5 Å².